The molecule has 0 spiro atoms. The van der Waals surface area contributed by atoms with E-state index in [9.17, 15) is 9.59 Å². The summed E-state index contributed by atoms with van der Waals surface area (Å²) in [7, 11) is 1.61. The summed E-state index contributed by atoms with van der Waals surface area (Å²) >= 11 is 0. The Kier molecular flexibility index (Phi) is 11.6. The number of nitrogens with one attached hydrogen (secondary N) is 2. The number of halogens is 1. The van der Waals surface area contributed by atoms with Gasteiger partial charge in [0.1, 0.15) is 12.4 Å². The molecule has 0 unspecified atom stereocenters. The van der Waals surface area contributed by atoms with Crippen LogP contribution >= 0.6 is 12.4 Å². The van der Waals surface area contributed by atoms with Gasteiger partial charge in [0.15, 0.2) is 0 Å². The molecule has 0 saturated heterocycles. The first-order chi connectivity index (χ1) is 11.4. The summed E-state index contributed by atoms with van der Waals surface area (Å²) in [5.41, 5.74) is 6.62. The van der Waals surface area contributed by atoms with Crippen molar-refractivity contribution in [3.63, 3.8) is 0 Å². The molecule has 142 valence electrons. The molecule has 0 saturated carbocycles. The lowest BCUT2D eigenvalue weighted by atomic mass is 10.1. The van der Waals surface area contributed by atoms with Crippen LogP contribution < -0.4 is 21.1 Å². The zero-order chi connectivity index (χ0) is 17.9. The number of nitrogens with two attached hydrogens (primary N) is 1. The molecule has 7 nitrogen and oxygen atoms in total. The van der Waals surface area contributed by atoms with Crippen LogP contribution in [0.3, 0.4) is 0 Å². The normalized spacial score (nSPS) is 11.4. The van der Waals surface area contributed by atoms with E-state index in [-0.39, 0.29) is 36.7 Å². The average molecular weight is 374 g/mol. The number of carbonyl (C=O) groups is 2. The lowest BCUT2D eigenvalue weighted by Gasteiger charge is -2.15. The Balaban J connectivity index is 0.00000576. The molecule has 1 atom stereocenters. The Hall–Kier alpha value is -1.83. The van der Waals surface area contributed by atoms with E-state index in [1.807, 2.05) is 38.1 Å². The van der Waals surface area contributed by atoms with E-state index < -0.39 is 6.04 Å². The molecule has 8 heteroatoms. The molecule has 0 aromatic heterocycles. The zero-order valence-electron chi connectivity index (χ0n) is 14.9. The molecule has 0 radical (unpaired) electrons. The summed E-state index contributed by atoms with van der Waals surface area (Å²) in [4.78, 5) is 23.5. The summed E-state index contributed by atoms with van der Waals surface area (Å²) in [5.74, 6) is 0.141. The standard InChI is InChI=1S/C17H27N3O4.ClH/c1-12(2)16(18)17(22)20-11-15(21)19-10-13-5-4-6-14(9-13)24-8-7-23-3;/h4-6,9,12,16H,7-8,10-11,18H2,1-3H3,(H,19,21)(H,20,22);1H/t16-;/m0./s1. The number of rotatable bonds is 10. The van der Waals surface area contributed by atoms with Gasteiger partial charge in [-0.05, 0) is 23.6 Å². The SMILES string of the molecule is COCCOc1cccc(CNC(=O)CNC(=O)[C@@H](N)C(C)C)c1.Cl. The van der Waals surface area contributed by atoms with Gasteiger partial charge < -0.3 is 25.8 Å². The molecule has 2 amide bonds. The van der Waals surface area contributed by atoms with Gasteiger partial charge in [-0.25, -0.2) is 0 Å². The molecular weight excluding hydrogens is 346 g/mol. The van der Waals surface area contributed by atoms with Crippen LogP contribution in [0.5, 0.6) is 5.75 Å². The van der Waals surface area contributed by atoms with Crippen molar-refractivity contribution in [1.82, 2.24) is 10.6 Å². The second-order valence-corrected chi connectivity index (χ2v) is 5.75. The van der Waals surface area contributed by atoms with Crippen LogP contribution in [-0.2, 0) is 20.9 Å². The number of ether oxygens (including phenoxy) is 2. The topological polar surface area (TPSA) is 103 Å². The van der Waals surface area contributed by atoms with Gasteiger partial charge >= 0.3 is 0 Å². The maximum atomic E-state index is 11.8. The minimum absolute atomic E-state index is 0. The number of carbonyl (C=O) groups excluding carboxylic acids is 2. The monoisotopic (exact) mass is 373 g/mol. The molecule has 0 aliphatic heterocycles. The van der Waals surface area contributed by atoms with Gasteiger partial charge in [-0.3, -0.25) is 9.59 Å². The second-order valence-electron chi connectivity index (χ2n) is 5.75. The molecule has 0 bridgehead atoms. The van der Waals surface area contributed by atoms with Crippen LogP contribution in [0.4, 0.5) is 0 Å². The lowest BCUT2D eigenvalue weighted by molar-refractivity contribution is -0.127. The molecule has 25 heavy (non-hydrogen) atoms. The van der Waals surface area contributed by atoms with Crippen molar-refractivity contribution in [2.45, 2.75) is 26.4 Å². The van der Waals surface area contributed by atoms with Gasteiger partial charge in [-0.2, -0.15) is 0 Å². The van der Waals surface area contributed by atoms with Gasteiger partial charge in [0.25, 0.3) is 0 Å². The number of amides is 2. The molecule has 0 heterocycles. The predicted octanol–water partition coefficient (Wildman–Crippen LogP) is 0.849. The maximum absolute atomic E-state index is 11.8. The lowest BCUT2D eigenvalue weighted by Crippen LogP contribution is -2.47. The first-order valence-corrected chi connectivity index (χ1v) is 7.94. The van der Waals surface area contributed by atoms with Gasteiger partial charge in [0.05, 0.1) is 19.2 Å². The highest BCUT2D eigenvalue weighted by molar-refractivity contribution is 5.87. The second kappa shape index (κ2) is 12.5. The van der Waals surface area contributed by atoms with Gasteiger partial charge in [0, 0.05) is 13.7 Å². The van der Waals surface area contributed by atoms with Gasteiger partial charge in [-0.15, -0.1) is 12.4 Å². The number of hydrogen-bond acceptors (Lipinski definition) is 5. The Labute approximate surface area is 155 Å². The highest BCUT2D eigenvalue weighted by atomic mass is 35.5. The first-order valence-electron chi connectivity index (χ1n) is 7.94. The van der Waals surface area contributed by atoms with E-state index in [2.05, 4.69) is 10.6 Å². The van der Waals surface area contributed by atoms with E-state index in [0.717, 1.165) is 11.3 Å². The minimum Gasteiger partial charge on any atom is -0.491 e. The van der Waals surface area contributed by atoms with Crippen LogP contribution in [0, 0.1) is 5.92 Å². The molecule has 0 aliphatic rings. The smallest absolute Gasteiger partial charge is 0.239 e. The fourth-order valence-electron chi connectivity index (χ4n) is 1.84. The van der Waals surface area contributed by atoms with Crippen LogP contribution in [0.1, 0.15) is 19.4 Å². The zero-order valence-corrected chi connectivity index (χ0v) is 15.7. The molecule has 4 N–H and O–H groups in total. The quantitative estimate of drug-likeness (QED) is 0.527. The molecule has 0 fully saturated rings. The third-order valence-electron chi connectivity index (χ3n) is 3.39. The first kappa shape index (κ1) is 23.2. The van der Waals surface area contributed by atoms with Crippen LogP contribution in [-0.4, -0.2) is 44.7 Å². The van der Waals surface area contributed by atoms with Crippen molar-refractivity contribution in [3.05, 3.63) is 29.8 Å². The van der Waals surface area contributed by atoms with Gasteiger partial charge in [-0.1, -0.05) is 26.0 Å². The molecule has 1 aromatic rings. The Morgan fingerprint density at radius 2 is 1.92 bits per heavy atom. The fraction of sp³-hybridized carbons (Fsp3) is 0.529. The fourth-order valence-corrected chi connectivity index (χ4v) is 1.84. The van der Waals surface area contributed by atoms with Crippen LogP contribution in [0.2, 0.25) is 0 Å². The van der Waals surface area contributed by atoms with E-state index in [0.29, 0.717) is 19.8 Å². The molecule has 1 rings (SSSR count). The van der Waals surface area contributed by atoms with E-state index in [4.69, 9.17) is 15.2 Å². The van der Waals surface area contributed by atoms with E-state index in [1.54, 1.807) is 7.11 Å². The largest absolute Gasteiger partial charge is 0.491 e. The van der Waals surface area contributed by atoms with Crippen molar-refractivity contribution >= 4 is 24.2 Å². The van der Waals surface area contributed by atoms with Crippen LogP contribution in [0.25, 0.3) is 0 Å². The third kappa shape index (κ3) is 9.28. The summed E-state index contributed by atoms with van der Waals surface area (Å²) in [5, 5.41) is 5.27. The maximum Gasteiger partial charge on any atom is 0.239 e. The van der Waals surface area contributed by atoms with Crippen molar-refractivity contribution in [2.24, 2.45) is 11.7 Å². The van der Waals surface area contributed by atoms with E-state index in [1.165, 1.54) is 0 Å². The molecule has 0 aliphatic carbocycles. The van der Waals surface area contributed by atoms with Crippen molar-refractivity contribution in [1.29, 1.82) is 0 Å². The highest BCUT2D eigenvalue weighted by Gasteiger charge is 2.17. The minimum atomic E-state index is -0.612. The Morgan fingerprint density at radius 1 is 1.20 bits per heavy atom. The Bertz CT molecular complexity index is 540. The molecule has 1 aromatic carbocycles. The van der Waals surface area contributed by atoms with Crippen molar-refractivity contribution in [2.75, 3.05) is 26.9 Å². The van der Waals surface area contributed by atoms with Crippen LogP contribution in [0.15, 0.2) is 24.3 Å². The third-order valence-corrected chi connectivity index (χ3v) is 3.39. The highest BCUT2D eigenvalue weighted by Crippen LogP contribution is 2.13. The molecular formula is C17H28ClN3O4. The van der Waals surface area contributed by atoms with Crippen molar-refractivity contribution in [3.8, 4) is 5.75 Å². The summed E-state index contributed by atoms with van der Waals surface area (Å²) in [6, 6.07) is 6.82. The Morgan fingerprint density at radius 3 is 2.56 bits per heavy atom. The summed E-state index contributed by atoms with van der Waals surface area (Å²) in [6.45, 7) is 4.95. The number of hydrogen-bond donors (Lipinski definition) is 3. The average Bonchev–Trinajstić information content (AvgIpc) is 2.57. The van der Waals surface area contributed by atoms with E-state index >= 15 is 0 Å². The predicted molar refractivity (Wildman–Crippen MR) is 98.7 cm³/mol. The summed E-state index contributed by atoms with van der Waals surface area (Å²) < 4.78 is 10.4. The number of benzene rings is 1. The van der Waals surface area contributed by atoms with Crippen molar-refractivity contribution < 1.29 is 19.1 Å². The van der Waals surface area contributed by atoms with Gasteiger partial charge in [0.2, 0.25) is 11.8 Å². The number of methoxy groups -OCH3 is 1. The summed E-state index contributed by atoms with van der Waals surface area (Å²) in [6.07, 6.45) is 0.